The molecular weight excluding hydrogens is 296 g/mol. The Morgan fingerprint density at radius 1 is 1.55 bits per heavy atom. The van der Waals surface area contributed by atoms with Gasteiger partial charge in [0.2, 0.25) is 0 Å². The summed E-state index contributed by atoms with van der Waals surface area (Å²) >= 11 is 1.67. The van der Waals surface area contributed by atoms with E-state index >= 15 is 0 Å². The number of nitrogens with two attached hydrogens (primary N) is 1. The quantitative estimate of drug-likeness (QED) is 0.899. The molecule has 2 heterocycles. The summed E-state index contributed by atoms with van der Waals surface area (Å²) < 4.78 is 0. The Hall–Kier alpha value is -1.46. The van der Waals surface area contributed by atoms with E-state index in [9.17, 15) is 9.90 Å². The Balaban J connectivity index is 2.06. The molecule has 1 aliphatic heterocycles. The first-order valence-electron chi connectivity index (χ1n) is 7.69. The molecule has 0 spiro atoms. The third-order valence-electron chi connectivity index (χ3n) is 4.56. The highest BCUT2D eigenvalue weighted by Crippen LogP contribution is 2.44. The van der Waals surface area contributed by atoms with E-state index in [0.29, 0.717) is 18.7 Å². The van der Waals surface area contributed by atoms with E-state index in [1.807, 2.05) is 0 Å². The monoisotopic (exact) mass is 318 g/mol. The standard InChI is InChI=1S/C17H22N2O2S/c1-17(2)4-3-13-12(6-17)14(16(20)21)15(22-13)11-5-10(7-18)8-19-9-11/h5,8,11H,3-4,6-7,9,18H2,1-2H3,(H,20,21). The van der Waals surface area contributed by atoms with Crippen LogP contribution < -0.4 is 5.73 Å². The van der Waals surface area contributed by atoms with Crippen LogP contribution in [0.3, 0.4) is 0 Å². The van der Waals surface area contributed by atoms with Crippen molar-refractivity contribution < 1.29 is 9.90 Å². The predicted octanol–water partition coefficient (Wildman–Crippen LogP) is 3.01. The van der Waals surface area contributed by atoms with Crippen LogP contribution in [0.15, 0.2) is 16.6 Å². The van der Waals surface area contributed by atoms with E-state index in [-0.39, 0.29) is 11.3 Å². The first-order valence-corrected chi connectivity index (χ1v) is 8.51. The van der Waals surface area contributed by atoms with E-state index in [1.54, 1.807) is 17.6 Å². The van der Waals surface area contributed by atoms with Gasteiger partial charge in [-0.15, -0.1) is 11.3 Å². The van der Waals surface area contributed by atoms with E-state index in [0.717, 1.165) is 35.3 Å². The molecule has 22 heavy (non-hydrogen) atoms. The third kappa shape index (κ3) is 2.75. The van der Waals surface area contributed by atoms with Crippen LogP contribution in [0.4, 0.5) is 0 Å². The molecule has 1 unspecified atom stereocenters. The van der Waals surface area contributed by atoms with Gasteiger partial charge in [-0.05, 0) is 35.8 Å². The van der Waals surface area contributed by atoms with Crippen molar-refractivity contribution in [1.29, 1.82) is 0 Å². The van der Waals surface area contributed by atoms with Crippen molar-refractivity contribution in [1.82, 2.24) is 0 Å². The van der Waals surface area contributed by atoms with E-state index in [2.05, 4.69) is 24.9 Å². The zero-order valence-corrected chi connectivity index (χ0v) is 13.9. The van der Waals surface area contributed by atoms with Gasteiger partial charge in [0, 0.05) is 28.4 Å². The summed E-state index contributed by atoms with van der Waals surface area (Å²) in [6.45, 7) is 5.50. The molecule has 3 N–H and O–H groups in total. The normalized spacial score (nSPS) is 23.0. The van der Waals surface area contributed by atoms with Gasteiger partial charge < -0.3 is 10.8 Å². The Labute approximate surface area is 134 Å². The molecule has 2 aliphatic rings. The maximum atomic E-state index is 11.9. The van der Waals surface area contributed by atoms with Crippen LogP contribution >= 0.6 is 11.3 Å². The maximum absolute atomic E-state index is 11.9. The molecule has 0 fully saturated rings. The van der Waals surface area contributed by atoms with Gasteiger partial charge in [0.15, 0.2) is 0 Å². The number of dihydropyridines is 1. The second-order valence-corrected chi connectivity index (χ2v) is 8.07. The number of rotatable bonds is 3. The number of carboxylic acids is 1. The Morgan fingerprint density at radius 3 is 3.00 bits per heavy atom. The lowest BCUT2D eigenvalue weighted by molar-refractivity contribution is 0.0694. The number of fused-ring (bicyclic) bond motifs is 1. The van der Waals surface area contributed by atoms with Crippen LogP contribution in [-0.2, 0) is 12.8 Å². The average molecular weight is 318 g/mol. The zero-order valence-electron chi connectivity index (χ0n) is 13.1. The molecule has 1 aromatic rings. The fourth-order valence-electron chi connectivity index (χ4n) is 3.35. The SMILES string of the molecule is CC1(C)CCc2sc(C3C=C(CN)C=NC3)c(C(=O)O)c2C1. The topological polar surface area (TPSA) is 75.7 Å². The molecular formula is C17H22N2O2S. The van der Waals surface area contributed by atoms with Crippen LogP contribution in [0.2, 0.25) is 0 Å². The molecule has 0 saturated carbocycles. The first kappa shape index (κ1) is 15.4. The van der Waals surface area contributed by atoms with Gasteiger partial charge in [-0.3, -0.25) is 4.99 Å². The summed E-state index contributed by atoms with van der Waals surface area (Å²) in [4.78, 5) is 18.5. The lowest BCUT2D eigenvalue weighted by Crippen LogP contribution is -2.22. The molecule has 1 aliphatic carbocycles. The Bertz CT molecular complexity index is 670. The van der Waals surface area contributed by atoms with Crippen molar-refractivity contribution in [3.63, 3.8) is 0 Å². The molecule has 5 heteroatoms. The first-order chi connectivity index (χ1) is 10.4. The summed E-state index contributed by atoms with van der Waals surface area (Å²) in [5, 5.41) is 9.76. The van der Waals surface area contributed by atoms with Crippen molar-refractivity contribution in [2.45, 2.75) is 39.0 Å². The number of hydrogen-bond acceptors (Lipinski definition) is 4. The highest BCUT2D eigenvalue weighted by Gasteiger charge is 2.34. The van der Waals surface area contributed by atoms with Crippen molar-refractivity contribution in [3.8, 4) is 0 Å². The summed E-state index contributed by atoms with van der Waals surface area (Å²) in [5.74, 6) is -0.754. The summed E-state index contributed by atoms with van der Waals surface area (Å²) in [5.41, 5.74) is 8.45. The number of hydrogen-bond donors (Lipinski definition) is 2. The number of carbonyl (C=O) groups is 1. The summed E-state index contributed by atoms with van der Waals surface area (Å²) in [6, 6.07) is 0. The van der Waals surface area contributed by atoms with Crippen molar-refractivity contribution in [2.24, 2.45) is 16.1 Å². The van der Waals surface area contributed by atoms with Gasteiger partial charge in [0.1, 0.15) is 0 Å². The van der Waals surface area contributed by atoms with E-state index in [1.165, 1.54) is 4.88 Å². The summed E-state index contributed by atoms with van der Waals surface area (Å²) in [7, 11) is 0. The third-order valence-corrected chi connectivity index (χ3v) is 5.99. The van der Waals surface area contributed by atoms with E-state index < -0.39 is 5.97 Å². The number of thiophene rings is 1. The molecule has 0 saturated heterocycles. The fourth-order valence-corrected chi connectivity index (χ4v) is 4.73. The number of carboxylic acid groups (broad SMARTS) is 1. The predicted molar refractivity (Wildman–Crippen MR) is 90.3 cm³/mol. The van der Waals surface area contributed by atoms with Crippen molar-refractivity contribution >= 4 is 23.5 Å². The van der Waals surface area contributed by atoms with Crippen LogP contribution in [0.1, 0.15) is 51.9 Å². The summed E-state index contributed by atoms with van der Waals surface area (Å²) in [6.07, 6.45) is 6.84. The molecule has 1 aromatic heterocycles. The van der Waals surface area contributed by atoms with Gasteiger partial charge in [-0.25, -0.2) is 4.79 Å². The van der Waals surface area contributed by atoms with Gasteiger partial charge in [-0.1, -0.05) is 19.9 Å². The molecule has 118 valence electrons. The lowest BCUT2D eigenvalue weighted by atomic mass is 9.75. The minimum Gasteiger partial charge on any atom is -0.478 e. The highest BCUT2D eigenvalue weighted by molar-refractivity contribution is 7.12. The maximum Gasteiger partial charge on any atom is 0.337 e. The molecule has 0 amide bonds. The molecule has 3 rings (SSSR count). The minimum atomic E-state index is -0.803. The number of aliphatic imine (C=N–C) groups is 1. The number of nitrogens with zero attached hydrogens (tertiary/aromatic N) is 1. The van der Waals surface area contributed by atoms with Crippen molar-refractivity contribution in [2.75, 3.05) is 13.1 Å². The fraction of sp³-hybridized carbons (Fsp3) is 0.529. The molecule has 4 nitrogen and oxygen atoms in total. The van der Waals surface area contributed by atoms with Gasteiger partial charge in [0.25, 0.3) is 0 Å². The van der Waals surface area contributed by atoms with Gasteiger partial charge in [0.05, 0.1) is 12.1 Å². The smallest absolute Gasteiger partial charge is 0.337 e. The Kier molecular flexibility index (Phi) is 3.95. The van der Waals surface area contributed by atoms with Gasteiger partial charge in [-0.2, -0.15) is 0 Å². The molecule has 0 bridgehead atoms. The van der Waals surface area contributed by atoms with Crippen LogP contribution in [-0.4, -0.2) is 30.4 Å². The molecule has 0 aromatic carbocycles. The minimum absolute atomic E-state index is 0.0494. The van der Waals surface area contributed by atoms with Crippen LogP contribution in [0.5, 0.6) is 0 Å². The largest absolute Gasteiger partial charge is 0.478 e. The van der Waals surface area contributed by atoms with Gasteiger partial charge >= 0.3 is 5.97 Å². The molecule has 1 atom stereocenters. The lowest BCUT2D eigenvalue weighted by Gasteiger charge is -2.29. The second kappa shape index (κ2) is 5.63. The van der Waals surface area contributed by atoms with E-state index in [4.69, 9.17) is 5.73 Å². The Morgan fingerprint density at radius 2 is 2.32 bits per heavy atom. The number of aromatic carboxylic acids is 1. The van der Waals surface area contributed by atoms with Crippen LogP contribution in [0, 0.1) is 5.41 Å². The average Bonchev–Trinajstić information content (AvgIpc) is 2.84. The number of aryl methyl sites for hydroxylation is 1. The van der Waals surface area contributed by atoms with Crippen LogP contribution in [0.25, 0.3) is 0 Å². The molecule has 0 radical (unpaired) electrons. The second-order valence-electron chi connectivity index (χ2n) is 6.94. The van der Waals surface area contributed by atoms with Crippen molar-refractivity contribution in [3.05, 3.63) is 32.5 Å². The zero-order chi connectivity index (χ0) is 15.9. The highest BCUT2D eigenvalue weighted by atomic mass is 32.1.